The topological polar surface area (TPSA) is 161 Å². The highest BCUT2D eigenvalue weighted by Gasteiger charge is 2.50. The monoisotopic (exact) mass is 574 g/mol. The fraction of sp³-hybridized carbons (Fsp3) is 0.800. The Bertz CT molecular complexity index is 811. The molecule has 0 aromatic rings. The van der Waals surface area contributed by atoms with Gasteiger partial charge in [-0.1, -0.05) is 48.0 Å². The molecule has 234 valence electrons. The lowest BCUT2D eigenvalue weighted by molar-refractivity contribution is -0.154. The summed E-state index contributed by atoms with van der Waals surface area (Å²) in [5, 5.41) is 18.0. The Labute approximate surface area is 240 Å². The lowest BCUT2D eigenvalue weighted by Gasteiger charge is -2.15. The number of rotatable bonds is 12. The van der Waals surface area contributed by atoms with Gasteiger partial charge in [0, 0.05) is 13.8 Å². The second-order valence-electron chi connectivity index (χ2n) is 11.2. The first-order valence-electron chi connectivity index (χ1n) is 13.9. The van der Waals surface area contributed by atoms with Gasteiger partial charge in [0.1, 0.15) is 12.2 Å². The molecule has 4 unspecified atom stereocenters. The highest BCUT2D eigenvalue weighted by atomic mass is 16.6. The third-order valence-corrected chi connectivity index (χ3v) is 5.90. The van der Waals surface area contributed by atoms with E-state index in [-0.39, 0.29) is 35.0 Å². The molecule has 1 aliphatic carbocycles. The number of ketones is 4. The van der Waals surface area contributed by atoms with Crippen molar-refractivity contribution in [2.24, 2.45) is 17.8 Å². The van der Waals surface area contributed by atoms with Crippen LogP contribution in [0.2, 0.25) is 0 Å². The van der Waals surface area contributed by atoms with Gasteiger partial charge in [-0.25, -0.2) is 0 Å². The van der Waals surface area contributed by atoms with Crippen molar-refractivity contribution in [3.63, 3.8) is 0 Å². The molecule has 0 radical (unpaired) electrons. The number of carbonyl (C=O) groups excluding carboxylic acids is 6. The number of esters is 2. The molecule has 1 rings (SSSR count). The van der Waals surface area contributed by atoms with Crippen LogP contribution >= 0.6 is 0 Å². The molecule has 0 spiro atoms. The maximum Gasteiger partial charge on any atom is 0.303 e. The predicted molar refractivity (Wildman–Crippen MR) is 152 cm³/mol. The van der Waals surface area contributed by atoms with E-state index < -0.39 is 29.9 Å². The van der Waals surface area contributed by atoms with Gasteiger partial charge < -0.3 is 19.7 Å². The maximum atomic E-state index is 10.9. The fourth-order valence-electron chi connectivity index (χ4n) is 3.08. The summed E-state index contributed by atoms with van der Waals surface area (Å²) in [5.74, 6) is -0.303. The molecule has 0 saturated heterocycles. The average Bonchev–Trinajstić information content (AvgIpc) is 3.57. The van der Waals surface area contributed by atoms with Crippen LogP contribution in [0.3, 0.4) is 0 Å². The molecule has 0 aromatic heterocycles. The highest BCUT2D eigenvalue weighted by molar-refractivity contribution is 5.90. The molecule has 0 aromatic carbocycles. The summed E-state index contributed by atoms with van der Waals surface area (Å²) >= 11 is 0. The molecule has 10 nitrogen and oxygen atoms in total. The molecule has 40 heavy (non-hydrogen) atoms. The van der Waals surface area contributed by atoms with Crippen LogP contribution in [0.5, 0.6) is 0 Å². The van der Waals surface area contributed by atoms with Crippen molar-refractivity contribution in [2.45, 2.75) is 139 Å². The average molecular weight is 575 g/mol. The van der Waals surface area contributed by atoms with Crippen molar-refractivity contribution in [2.75, 3.05) is 0 Å². The van der Waals surface area contributed by atoms with Gasteiger partial charge in [0.2, 0.25) is 0 Å². The van der Waals surface area contributed by atoms with Gasteiger partial charge in [-0.05, 0) is 71.1 Å². The number of hydrogen-bond acceptors (Lipinski definition) is 10. The van der Waals surface area contributed by atoms with Crippen molar-refractivity contribution in [3.05, 3.63) is 0 Å². The minimum absolute atomic E-state index is 0.0392. The second-order valence-corrected chi connectivity index (χ2v) is 11.2. The minimum atomic E-state index is -0.755. The Morgan fingerprint density at radius 1 is 0.700 bits per heavy atom. The van der Waals surface area contributed by atoms with E-state index in [4.69, 9.17) is 19.7 Å². The highest BCUT2D eigenvalue weighted by Crippen LogP contribution is 2.40. The summed E-state index contributed by atoms with van der Waals surface area (Å²) in [7, 11) is 0. The first-order chi connectivity index (χ1) is 18.1. The number of Topliss-reactive ketones (excluding diaryl/α,β-unsaturated/α-hetero) is 4. The van der Waals surface area contributed by atoms with Gasteiger partial charge in [-0.2, -0.15) is 0 Å². The first kappa shape index (κ1) is 42.0. The zero-order chi connectivity index (χ0) is 32.4. The van der Waals surface area contributed by atoms with E-state index in [0.717, 1.165) is 6.42 Å². The van der Waals surface area contributed by atoms with Crippen molar-refractivity contribution in [1.29, 1.82) is 0 Å². The molecule has 0 bridgehead atoms. The third kappa shape index (κ3) is 22.4. The van der Waals surface area contributed by atoms with Crippen molar-refractivity contribution < 1.29 is 48.5 Å². The molecule has 1 saturated carbocycles. The lowest BCUT2D eigenvalue weighted by atomic mass is 9.99. The number of aliphatic hydroxyl groups is 2. The van der Waals surface area contributed by atoms with Crippen molar-refractivity contribution in [1.82, 2.24) is 0 Å². The number of hydrogen-bond donors (Lipinski definition) is 2. The van der Waals surface area contributed by atoms with Gasteiger partial charge in [-0.3, -0.25) is 28.8 Å². The largest absolute Gasteiger partial charge is 0.455 e. The van der Waals surface area contributed by atoms with E-state index in [1.807, 2.05) is 41.5 Å². The summed E-state index contributed by atoms with van der Waals surface area (Å²) in [6, 6.07) is 0. The van der Waals surface area contributed by atoms with Gasteiger partial charge in [0.25, 0.3) is 0 Å². The van der Waals surface area contributed by atoms with Crippen molar-refractivity contribution in [3.8, 4) is 0 Å². The van der Waals surface area contributed by atoms with E-state index >= 15 is 0 Å². The minimum Gasteiger partial charge on any atom is -0.455 e. The Morgan fingerprint density at radius 3 is 1.30 bits per heavy atom. The van der Waals surface area contributed by atoms with Crippen LogP contribution in [-0.2, 0) is 38.2 Å². The summed E-state index contributed by atoms with van der Waals surface area (Å²) in [6.45, 7) is 20.1. The SMILES string of the molecule is CC(=O)C(O)CC(C)C.CC(=O)OC(CC(C)C)C(C)=O.CC(=O)OC1(C(C)=O)CC1.CCC(C)C(O)C(C)=O. The molecule has 0 heterocycles. The second kappa shape index (κ2) is 21.3. The molecule has 0 aliphatic heterocycles. The number of carbonyl (C=O) groups is 6. The molecule has 10 heteroatoms. The fourth-order valence-corrected chi connectivity index (χ4v) is 3.08. The van der Waals surface area contributed by atoms with Crippen molar-refractivity contribution >= 4 is 35.1 Å². The summed E-state index contributed by atoms with van der Waals surface area (Å²) in [5.41, 5.74) is -0.716. The molecule has 1 fully saturated rings. The predicted octanol–water partition coefficient (Wildman–Crippen LogP) is 4.19. The van der Waals surface area contributed by atoms with Gasteiger partial charge in [0.15, 0.2) is 34.8 Å². The maximum absolute atomic E-state index is 10.9. The van der Waals surface area contributed by atoms with Crippen LogP contribution in [0.15, 0.2) is 0 Å². The Hall–Kier alpha value is -2.46. The van der Waals surface area contributed by atoms with Crippen LogP contribution in [0, 0.1) is 17.8 Å². The molecular formula is C30H54O10. The van der Waals surface area contributed by atoms with Crippen LogP contribution in [0.25, 0.3) is 0 Å². The third-order valence-electron chi connectivity index (χ3n) is 5.90. The summed E-state index contributed by atoms with van der Waals surface area (Å²) in [4.78, 5) is 63.6. The molecule has 1 aliphatic rings. The Morgan fingerprint density at radius 2 is 1.15 bits per heavy atom. The van der Waals surface area contributed by atoms with Gasteiger partial charge in [-0.15, -0.1) is 0 Å². The zero-order valence-electron chi connectivity index (χ0n) is 26.7. The van der Waals surface area contributed by atoms with E-state index in [0.29, 0.717) is 37.5 Å². The normalized spacial score (nSPS) is 15.7. The standard InChI is InChI=1S/C9H16O3.C7H10O3.2C7H14O2/c1-6(2)5-9(7(3)10)12-8(4)11;1-5(8)7(3-4-7)10-6(2)9;1-5(2)4-7(9)6(3)8;1-4-5(2)7(9)6(3)8/h6,9H,5H2,1-4H3;3-4H2,1-2H3;2*5,7,9H,4H2,1-3H3. The number of aliphatic hydroxyl groups excluding tert-OH is 2. The summed E-state index contributed by atoms with van der Waals surface area (Å²) in [6.07, 6.45) is 1.37. The van der Waals surface area contributed by atoms with E-state index in [2.05, 4.69) is 0 Å². The van der Waals surface area contributed by atoms with E-state index in [1.165, 1.54) is 41.5 Å². The molecule has 2 N–H and O–H groups in total. The Balaban J connectivity index is -0.000000460. The molecule has 0 amide bonds. The zero-order valence-corrected chi connectivity index (χ0v) is 26.7. The quantitative estimate of drug-likeness (QED) is 0.323. The van der Waals surface area contributed by atoms with E-state index in [1.54, 1.807) is 0 Å². The molecular weight excluding hydrogens is 520 g/mol. The van der Waals surface area contributed by atoms with Crippen LogP contribution in [0.1, 0.15) is 115 Å². The summed E-state index contributed by atoms with van der Waals surface area (Å²) < 4.78 is 9.66. The smallest absolute Gasteiger partial charge is 0.303 e. The van der Waals surface area contributed by atoms with E-state index in [9.17, 15) is 28.8 Å². The Kier molecular flexibility index (Phi) is 22.4. The van der Waals surface area contributed by atoms with Gasteiger partial charge >= 0.3 is 11.9 Å². The molecule has 4 atom stereocenters. The first-order valence-corrected chi connectivity index (χ1v) is 13.9. The lowest BCUT2D eigenvalue weighted by Crippen LogP contribution is -2.25. The van der Waals surface area contributed by atoms with Gasteiger partial charge in [0.05, 0.1) is 0 Å². The number of ether oxygens (including phenoxy) is 2. The van der Waals surface area contributed by atoms with Crippen LogP contribution in [0.4, 0.5) is 0 Å². The van der Waals surface area contributed by atoms with Crippen LogP contribution in [-0.4, -0.2) is 69.2 Å². The van der Waals surface area contributed by atoms with Crippen LogP contribution < -0.4 is 0 Å².